The Bertz CT molecular complexity index is 1520. The van der Waals surface area contributed by atoms with Gasteiger partial charge in [-0.15, -0.1) is 0 Å². The van der Waals surface area contributed by atoms with Crippen molar-refractivity contribution in [3.63, 3.8) is 0 Å². The number of carbonyl (C=O) groups excluding carboxylic acids is 4. The Kier molecular flexibility index (Phi) is 7.58. The summed E-state index contributed by atoms with van der Waals surface area (Å²) in [5.41, 5.74) is 3.12. The van der Waals surface area contributed by atoms with Crippen LogP contribution in [0.4, 0.5) is 11.4 Å². The summed E-state index contributed by atoms with van der Waals surface area (Å²) in [6, 6.07) is 22.8. The van der Waals surface area contributed by atoms with Gasteiger partial charge in [0, 0.05) is 11.3 Å². The number of rotatable bonds is 7. The van der Waals surface area contributed by atoms with Gasteiger partial charge in [-0.05, 0) is 42.8 Å². The highest BCUT2D eigenvalue weighted by Gasteiger charge is 2.42. The highest BCUT2D eigenvalue weighted by molar-refractivity contribution is 8.26. The quantitative estimate of drug-likeness (QED) is 0.257. The molecule has 196 valence electrons. The van der Waals surface area contributed by atoms with Crippen LogP contribution in [0.3, 0.4) is 0 Å². The third-order valence-corrected chi connectivity index (χ3v) is 7.61. The molecule has 0 radical (unpaired) electrons. The van der Waals surface area contributed by atoms with Crippen LogP contribution in [0.2, 0.25) is 0 Å². The van der Waals surface area contributed by atoms with Gasteiger partial charge in [-0.25, -0.2) is 4.79 Å². The van der Waals surface area contributed by atoms with E-state index >= 15 is 0 Å². The number of thioether (sulfide) groups is 1. The van der Waals surface area contributed by atoms with Gasteiger partial charge in [0.25, 0.3) is 11.8 Å². The van der Waals surface area contributed by atoms with Crippen molar-refractivity contribution in [2.45, 2.75) is 13.5 Å². The minimum absolute atomic E-state index is 0.241. The molecule has 5 rings (SSSR count). The first kappa shape index (κ1) is 26.3. The second-order valence-electron chi connectivity index (χ2n) is 8.70. The van der Waals surface area contributed by atoms with Crippen LogP contribution >= 0.6 is 24.0 Å². The molecule has 39 heavy (non-hydrogen) atoms. The van der Waals surface area contributed by atoms with Crippen molar-refractivity contribution in [2.75, 3.05) is 23.4 Å². The second-order valence-corrected chi connectivity index (χ2v) is 10.3. The third kappa shape index (κ3) is 5.34. The van der Waals surface area contributed by atoms with E-state index in [2.05, 4.69) is 5.32 Å². The molecular weight excluding hydrogens is 534 g/mol. The van der Waals surface area contributed by atoms with Crippen molar-refractivity contribution in [1.29, 1.82) is 0 Å². The zero-order chi connectivity index (χ0) is 27.5. The fourth-order valence-corrected chi connectivity index (χ4v) is 5.68. The standard InChI is InChI=1S/C29H23N3O5S2/c1-2-37-28(36)19-12-14-20(15-13-19)30-23(33)17-31-22-11-7-6-10-21(22)24(26(31)34)25-27(35)32(29(38)39-25)16-18-8-4-3-5-9-18/h3-15H,2,16-17H2,1H3,(H,30,33). The normalized spacial score (nSPS) is 16.5. The Hall–Kier alpha value is -4.28. The molecule has 0 bridgehead atoms. The number of anilines is 2. The summed E-state index contributed by atoms with van der Waals surface area (Å²) in [7, 11) is 0. The molecule has 0 aliphatic carbocycles. The van der Waals surface area contributed by atoms with Crippen molar-refractivity contribution in [3.05, 3.63) is 100 Å². The van der Waals surface area contributed by atoms with Crippen LogP contribution in [0, 0.1) is 0 Å². The van der Waals surface area contributed by atoms with Crippen LogP contribution < -0.4 is 10.2 Å². The summed E-state index contributed by atoms with van der Waals surface area (Å²) in [4.78, 5) is 55.0. The minimum atomic E-state index is -0.448. The molecular formula is C29H23N3O5S2. The highest BCUT2D eigenvalue weighted by Crippen LogP contribution is 2.44. The molecule has 2 heterocycles. The number of ether oxygens (including phenoxy) is 1. The molecule has 0 unspecified atom stereocenters. The van der Waals surface area contributed by atoms with Gasteiger partial charge in [0.15, 0.2) is 0 Å². The lowest BCUT2D eigenvalue weighted by Gasteiger charge is -2.17. The number of carbonyl (C=O) groups is 4. The van der Waals surface area contributed by atoms with E-state index in [0.29, 0.717) is 33.4 Å². The molecule has 3 amide bonds. The number of nitrogens with zero attached hydrogens (tertiary/aromatic N) is 2. The maximum atomic E-state index is 13.6. The van der Waals surface area contributed by atoms with Crippen molar-refractivity contribution in [2.24, 2.45) is 0 Å². The first-order chi connectivity index (χ1) is 18.9. The zero-order valence-corrected chi connectivity index (χ0v) is 22.5. The van der Waals surface area contributed by atoms with Gasteiger partial charge in [0.05, 0.1) is 34.9 Å². The number of para-hydroxylation sites is 1. The van der Waals surface area contributed by atoms with Crippen LogP contribution in [0.25, 0.3) is 5.57 Å². The summed E-state index contributed by atoms with van der Waals surface area (Å²) in [5, 5.41) is 2.75. The summed E-state index contributed by atoms with van der Waals surface area (Å²) in [6.07, 6.45) is 0. The molecule has 1 fully saturated rings. The average Bonchev–Trinajstić information content (AvgIpc) is 3.36. The van der Waals surface area contributed by atoms with Gasteiger partial charge < -0.3 is 10.1 Å². The van der Waals surface area contributed by atoms with Crippen LogP contribution in [0.15, 0.2) is 83.8 Å². The van der Waals surface area contributed by atoms with Gasteiger partial charge >= 0.3 is 5.97 Å². The predicted octanol–water partition coefficient (Wildman–Crippen LogP) is 4.62. The Morgan fingerprint density at radius 1 is 0.897 bits per heavy atom. The lowest BCUT2D eigenvalue weighted by Crippen LogP contribution is -2.35. The number of thiocarbonyl (C=S) groups is 1. The molecule has 2 aliphatic rings. The van der Waals surface area contributed by atoms with E-state index in [1.54, 1.807) is 55.5 Å². The molecule has 3 aromatic rings. The SMILES string of the molecule is CCOC(=O)c1ccc(NC(=O)CN2C(=O)C(=C3SC(=S)N(Cc4ccccc4)C3=O)c3ccccc32)cc1. The Morgan fingerprint density at radius 3 is 2.31 bits per heavy atom. The number of hydrogen-bond donors (Lipinski definition) is 1. The first-order valence-corrected chi connectivity index (χ1v) is 13.4. The number of hydrogen-bond acceptors (Lipinski definition) is 7. The number of benzene rings is 3. The lowest BCUT2D eigenvalue weighted by atomic mass is 10.1. The number of nitrogens with one attached hydrogen (secondary N) is 1. The maximum absolute atomic E-state index is 13.6. The van der Waals surface area contributed by atoms with Crippen molar-refractivity contribution < 1.29 is 23.9 Å². The summed E-state index contributed by atoms with van der Waals surface area (Å²) < 4.78 is 5.35. The summed E-state index contributed by atoms with van der Waals surface area (Å²) in [6.45, 7) is 2.03. The molecule has 0 atom stereocenters. The molecule has 0 spiro atoms. The molecule has 3 aromatic carbocycles. The smallest absolute Gasteiger partial charge is 0.338 e. The van der Waals surface area contributed by atoms with Gasteiger partial charge in [0.2, 0.25) is 5.91 Å². The maximum Gasteiger partial charge on any atom is 0.338 e. The molecule has 0 aromatic heterocycles. The number of fused-ring (bicyclic) bond motifs is 1. The van der Waals surface area contributed by atoms with E-state index in [1.807, 2.05) is 30.3 Å². The minimum Gasteiger partial charge on any atom is -0.462 e. The fourth-order valence-electron chi connectivity index (χ4n) is 4.36. The van der Waals surface area contributed by atoms with Gasteiger partial charge in [-0.3, -0.25) is 24.2 Å². The van der Waals surface area contributed by atoms with E-state index < -0.39 is 17.8 Å². The first-order valence-electron chi connectivity index (χ1n) is 12.2. The summed E-state index contributed by atoms with van der Waals surface area (Å²) >= 11 is 6.59. The van der Waals surface area contributed by atoms with Crippen molar-refractivity contribution in [3.8, 4) is 0 Å². The largest absolute Gasteiger partial charge is 0.462 e. The van der Waals surface area contributed by atoms with Crippen LogP contribution in [0.1, 0.15) is 28.4 Å². The Balaban J connectivity index is 1.36. The molecule has 0 saturated carbocycles. The molecule has 1 N–H and O–H groups in total. The fraction of sp³-hybridized carbons (Fsp3) is 0.138. The lowest BCUT2D eigenvalue weighted by molar-refractivity contribution is -0.122. The highest BCUT2D eigenvalue weighted by atomic mass is 32.2. The molecule has 1 saturated heterocycles. The van der Waals surface area contributed by atoms with Crippen molar-refractivity contribution in [1.82, 2.24) is 4.90 Å². The molecule has 10 heteroatoms. The monoisotopic (exact) mass is 557 g/mol. The van der Waals surface area contributed by atoms with Crippen LogP contribution in [0.5, 0.6) is 0 Å². The topological polar surface area (TPSA) is 96.0 Å². The summed E-state index contributed by atoms with van der Waals surface area (Å²) in [5.74, 6) is -1.65. The Morgan fingerprint density at radius 2 is 1.59 bits per heavy atom. The van der Waals surface area contributed by atoms with E-state index in [9.17, 15) is 19.2 Å². The average molecular weight is 558 g/mol. The van der Waals surface area contributed by atoms with Gasteiger partial charge in [-0.1, -0.05) is 72.5 Å². The van der Waals surface area contributed by atoms with E-state index in [4.69, 9.17) is 17.0 Å². The van der Waals surface area contributed by atoms with Gasteiger partial charge in [0.1, 0.15) is 10.9 Å². The van der Waals surface area contributed by atoms with E-state index in [0.717, 1.165) is 17.3 Å². The molecule has 2 aliphatic heterocycles. The molecule has 8 nitrogen and oxygen atoms in total. The van der Waals surface area contributed by atoms with E-state index in [1.165, 1.54) is 9.80 Å². The Labute approximate surface area is 234 Å². The van der Waals surface area contributed by atoms with E-state index in [-0.39, 0.29) is 29.5 Å². The number of amides is 3. The third-order valence-electron chi connectivity index (χ3n) is 6.16. The van der Waals surface area contributed by atoms with Gasteiger partial charge in [-0.2, -0.15) is 0 Å². The van der Waals surface area contributed by atoms with Crippen molar-refractivity contribution >= 4 is 68.9 Å². The number of esters is 1. The second kappa shape index (κ2) is 11.2. The predicted molar refractivity (Wildman–Crippen MR) is 154 cm³/mol. The van der Waals surface area contributed by atoms with Crippen LogP contribution in [-0.4, -0.2) is 46.1 Å². The zero-order valence-electron chi connectivity index (χ0n) is 20.9. The van der Waals surface area contributed by atoms with Crippen LogP contribution in [-0.2, 0) is 25.7 Å².